The molecule has 0 spiro atoms. The molecule has 42 heteroatoms. The van der Waals surface area contributed by atoms with Crippen LogP contribution < -0.4 is 63.6 Å². The van der Waals surface area contributed by atoms with Gasteiger partial charge in [0.1, 0.15) is 50.6 Å². The molecule has 17 N–H and O–H groups in total. The highest BCUT2D eigenvalue weighted by atomic mass is 31.0. The Kier molecular flexibility index (Phi) is 82.3. The molecule has 1 unspecified atom stereocenters. The summed E-state index contributed by atoms with van der Waals surface area (Å²) in [6.07, 6.45) is 42.8. The van der Waals surface area contributed by atoms with Crippen molar-refractivity contribution in [3.05, 3.63) is 0 Å². The van der Waals surface area contributed by atoms with Gasteiger partial charge in [0.25, 0.3) is 0 Å². The van der Waals surface area contributed by atoms with E-state index in [9.17, 15) is 92.0 Å². The van der Waals surface area contributed by atoms with Crippen molar-refractivity contribution in [2.75, 3.05) is 158 Å². The van der Waals surface area contributed by atoms with Crippen LogP contribution in [0.2, 0.25) is 0 Å². The highest BCUT2D eigenvalue weighted by Crippen LogP contribution is 2.31. The van der Waals surface area contributed by atoms with E-state index in [0.29, 0.717) is 83.7 Å². The second-order valence-electron chi connectivity index (χ2n) is 37.2. The molecule has 2 aliphatic carbocycles. The smallest absolute Gasteiger partial charge is 0.326 e. The van der Waals surface area contributed by atoms with Crippen LogP contribution in [0.25, 0.3) is 0 Å². The molecule has 11 amide bonds. The van der Waals surface area contributed by atoms with Gasteiger partial charge in [-0.25, -0.2) is 9.59 Å². The van der Waals surface area contributed by atoms with Gasteiger partial charge in [-0.2, -0.15) is 0 Å². The van der Waals surface area contributed by atoms with Crippen molar-refractivity contribution in [3.8, 4) is 0 Å². The first kappa shape index (κ1) is 130. The molecule has 142 heavy (non-hydrogen) atoms. The molecular weight excluding hydrogens is 1860 g/mol. The summed E-state index contributed by atoms with van der Waals surface area (Å²) in [7, 11) is 2.18. The lowest BCUT2D eigenvalue weighted by atomic mass is 9.81. The van der Waals surface area contributed by atoms with Gasteiger partial charge in [0.05, 0.1) is 79.3 Å². The molecule has 0 heterocycles. The summed E-state index contributed by atoms with van der Waals surface area (Å²) in [5.41, 5.74) is 0. The zero-order valence-electron chi connectivity index (χ0n) is 85.0. The van der Waals surface area contributed by atoms with Gasteiger partial charge in [-0.15, -0.1) is 0 Å². The molecule has 2 fully saturated rings. The predicted molar refractivity (Wildman–Crippen MR) is 535 cm³/mol. The number of carbonyl (C=O) groups is 16. The lowest BCUT2D eigenvalue weighted by Gasteiger charge is -2.28. The van der Waals surface area contributed by atoms with Crippen molar-refractivity contribution in [2.45, 2.75) is 358 Å². The molecule has 0 radical (unpaired) electrons. The number of ether oxygens (including phenoxy) is 8. The lowest BCUT2D eigenvalue weighted by molar-refractivity contribution is -0.143. The first-order valence-corrected chi connectivity index (χ1v) is 53.6. The number of carboxylic acid groups (broad SMARTS) is 5. The Hall–Kier alpha value is -8.41. The van der Waals surface area contributed by atoms with Gasteiger partial charge in [0.2, 0.25) is 65.0 Å². The molecule has 2 saturated carbocycles. The standard InChI is InChI=1S/C100H179N12O29P/c113-85(37-27-23-19-15-11-7-3-1-2-4-9-13-17-21-25-29-39-93(121)122)107-71-77-41-45-79(46-42-77)95(125)110-82(98(128)129)49-51-87(115)102-55-59-134-63-68-139-74-90(118)104-57-61-136-65-67-138-73-89(117)101-53-33-31-35-81(97(127)106-54-34-32-36-84(112-142)100(132)133)109-92(120)76-141-70-66-137-62-58-105-91(119)75-140-69-64-135-60-56-103-88(116)52-50-83(99(130)131)111-96(126)80-47-43-78(44-48-80)72-108-86(114)38-28-24-20-16-12-8-5-6-10-14-18-22-26-30-40-94(123)124/h77-84,112H,1-76,142H2,(H,101,117)(H,102,115)(H,103,116)(H,104,118)(H,105,119)(H,106,127)(H,107,113)(H,108,114)(H,109,120)(H,110,125)(H,111,126)(H,121,122)(H,123,124)(H,128,129)(H,130,131)(H,132,133)/t77?,78?,79?,80?,81-,82-,83-,84-/m0/s1. The summed E-state index contributed by atoms with van der Waals surface area (Å²) >= 11 is 0. The molecular formula is C100H179N12O29P. The fourth-order valence-corrected chi connectivity index (χ4v) is 16.8. The van der Waals surface area contributed by atoms with Gasteiger partial charge in [-0.05, 0) is 140 Å². The first-order chi connectivity index (χ1) is 68.8. The maximum Gasteiger partial charge on any atom is 0.326 e. The summed E-state index contributed by atoms with van der Waals surface area (Å²) < 4.78 is 43.5. The molecule has 0 saturated heterocycles. The van der Waals surface area contributed by atoms with E-state index < -0.39 is 83.5 Å². The molecule has 2 rings (SSSR count). The molecule has 0 aliphatic heterocycles. The van der Waals surface area contributed by atoms with Crippen molar-refractivity contribution < 1.29 is 140 Å². The molecule has 2 aliphatic rings. The Morgan fingerprint density at radius 2 is 0.493 bits per heavy atom. The molecule has 0 aromatic heterocycles. The first-order valence-electron chi connectivity index (χ1n) is 53.0. The van der Waals surface area contributed by atoms with Crippen molar-refractivity contribution in [1.29, 1.82) is 0 Å². The third kappa shape index (κ3) is 78.0. The van der Waals surface area contributed by atoms with E-state index in [-0.39, 0.29) is 249 Å². The molecule has 0 bridgehead atoms. The fraction of sp³-hybridized carbons (Fsp3) is 0.840. The van der Waals surface area contributed by atoms with Gasteiger partial charge in [-0.1, -0.05) is 176 Å². The Balaban J connectivity index is 1.46. The average molecular weight is 2040 g/mol. The van der Waals surface area contributed by atoms with Crippen LogP contribution in [0.3, 0.4) is 0 Å². The molecule has 818 valence electrons. The van der Waals surface area contributed by atoms with E-state index >= 15 is 0 Å². The highest BCUT2D eigenvalue weighted by molar-refractivity contribution is 7.13. The predicted octanol–water partition coefficient (Wildman–Crippen LogP) is 8.45. The Bertz CT molecular complexity index is 3440. The van der Waals surface area contributed by atoms with Gasteiger partial charge < -0.3 is 122 Å². The topological polar surface area (TPSA) is 592 Å². The third-order valence-corrected chi connectivity index (χ3v) is 25.5. The lowest BCUT2D eigenvalue weighted by Crippen LogP contribution is -2.48. The molecule has 0 aromatic carbocycles. The molecule has 5 atom stereocenters. The van der Waals surface area contributed by atoms with Crippen LogP contribution in [0, 0.1) is 23.7 Å². The SMILES string of the molecule is O=C(O)CCCCCCCCCCCCCCCCCCC(=O)NCC1CCC(C(=O)N[C@@H](CCC(=O)NCCOCCOCC(=O)NCCOCCOCC(=O)NCCCC[C@H](NC(=O)COCCOCCNC(=O)COCCOCCNC(=O)CC[C@H](NC(=O)C2CCC(CNC(=O)CCCCCCCCCCCCCCCCC(=O)O)CC2)C(=O)O)C(=O)NCCCC[C@H](NP)C(=O)O)C(=O)O)CC1. The summed E-state index contributed by atoms with van der Waals surface area (Å²) in [4.78, 5) is 196. The van der Waals surface area contributed by atoms with Crippen molar-refractivity contribution in [3.63, 3.8) is 0 Å². The van der Waals surface area contributed by atoms with Gasteiger partial charge in [-0.3, -0.25) is 72.2 Å². The summed E-state index contributed by atoms with van der Waals surface area (Å²) in [5.74, 6) is -8.74. The quantitative estimate of drug-likeness (QED) is 0.0200. The molecule has 0 aromatic rings. The normalized spacial score (nSPS) is 15.4. The Morgan fingerprint density at radius 1 is 0.232 bits per heavy atom. The summed E-state index contributed by atoms with van der Waals surface area (Å²) in [5, 5.41) is 79.3. The zero-order valence-corrected chi connectivity index (χ0v) is 86.1. The van der Waals surface area contributed by atoms with Crippen molar-refractivity contribution >= 4 is 104 Å². The number of carbonyl (C=O) groups excluding carboxylic acids is 11. The van der Waals surface area contributed by atoms with Gasteiger partial charge in [0.15, 0.2) is 0 Å². The number of hydrogen-bond acceptors (Lipinski definition) is 25. The highest BCUT2D eigenvalue weighted by Gasteiger charge is 2.33. The van der Waals surface area contributed by atoms with E-state index in [0.717, 1.165) is 103 Å². The van der Waals surface area contributed by atoms with E-state index in [4.69, 9.17) is 48.1 Å². The Morgan fingerprint density at radius 3 is 0.796 bits per heavy atom. The van der Waals surface area contributed by atoms with Crippen LogP contribution in [0.15, 0.2) is 0 Å². The summed E-state index contributed by atoms with van der Waals surface area (Å²) in [6.45, 7) is 2.40. The van der Waals surface area contributed by atoms with Crippen LogP contribution in [0.1, 0.15) is 334 Å². The zero-order chi connectivity index (χ0) is 104. The number of rotatable bonds is 98. The van der Waals surface area contributed by atoms with Crippen LogP contribution >= 0.6 is 9.39 Å². The van der Waals surface area contributed by atoms with Crippen molar-refractivity contribution in [2.24, 2.45) is 23.7 Å². The summed E-state index contributed by atoms with van der Waals surface area (Å²) in [6, 6.07) is -4.19. The number of carboxylic acids is 5. The van der Waals surface area contributed by atoms with Crippen LogP contribution in [0.4, 0.5) is 0 Å². The average Bonchev–Trinajstić information content (AvgIpc) is 0.871. The number of amides is 11. The third-order valence-electron chi connectivity index (χ3n) is 25.1. The van der Waals surface area contributed by atoms with E-state index in [1.165, 1.54) is 116 Å². The minimum absolute atomic E-state index is 0.0183. The number of aliphatic carboxylic acids is 5. The monoisotopic (exact) mass is 2040 g/mol. The maximum absolute atomic E-state index is 13.3. The van der Waals surface area contributed by atoms with Crippen molar-refractivity contribution in [1.82, 2.24) is 63.6 Å². The van der Waals surface area contributed by atoms with E-state index in [1.54, 1.807) is 0 Å². The van der Waals surface area contributed by atoms with Gasteiger partial charge >= 0.3 is 29.8 Å². The fourth-order valence-electron chi connectivity index (χ4n) is 16.5. The van der Waals surface area contributed by atoms with E-state index in [1.807, 2.05) is 0 Å². The van der Waals surface area contributed by atoms with Gasteiger partial charge in [0, 0.05) is 103 Å². The second kappa shape index (κ2) is 90.1. The number of unbranched alkanes of at least 4 members (excludes halogenated alkanes) is 30. The Labute approximate surface area is 843 Å². The second-order valence-corrected chi connectivity index (χ2v) is 37.5. The van der Waals surface area contributed by atoms with Crippen LogP contribution in [-0.4, -0.2) is 303 Å². The minimum atomic E-state index is -1.24. The van der Waals surface area contributed by atoms with Crippen LogP contribution in [-0.2, 0) is 115 Å². The van der Waals surface area contributed by atoms with E-state index in [2.05, 4.69) is 73.0 Å². The largest absolute Gasteiger partial charge is 0.481 e. The maximum atomic E-state index is 13.3. The van der Waals surface area contributed by atoms with Crippen LogP contribution in [0.5, 0.6) is 0 Å². The number of hydrogen-bond donors (Lipinski definition) is 17. The minimum Gasteiger partial charge on any atom is -0.481 e. The molecule has 41 nitrogen and oxygen atoms in total. The number of nitrogens with one attached hydrogen (secondary N) is 12.